The van der Waals surface area contributed by atoms with Crippen molar-refractivity contribution in [3.8, 4) is 11.3 Å². The molecule has 146 valence electrons. The van der Waals surface area contributed by atoms with Crippen LogP contribution in [0.15, 0.2) is 40.1 Å². The molecule has 2 aromatic heterocycles. The number of hydrogen-bond acceptors (Lipinski definition) is 5. The molecular formula is C21H23N3O3S. The molecule has 1 aromatic carbocycles. The number of aromatic nitrogens is 1. The van der Waals surface area contributed by atoms with Crippen LogP contribution in [0.5, 0.6) is 0 Å². The first-order valence-electron chi connectivity index (χ1n) is 8.89. The Morgan fingerprint density at radius 2 is 1.75 bits per heavy atom. The zero-order chi connectivity index (χ0) is 20.5. The van der Waals surface area contributed by atoms with E-state index in [1.165, 1.54) is 11.3 Å². The summed E-state index contributed by atoms with van der Waals surface area (Å²) in [6.45, 7) is 9.17. The van der Waals surface area contributed by atoms with E-state index in [0.29, 0.717) is 22.2 Å². The zero-order valence-corrected chi connectivity index (χ0v) is 17.4. The minimum Gasteiger partial charge on any atom is -0.466 e. The number of benzene rings is 1. The van der Waals surface area contributed by atoms with Crippen molar-refractivity contribution in [2.45, 2.75) is 34.6 Å². The molecule has 0 saturated heterocycles. The lowest BCUT2D eigenvalue weighted by atomic mass is 9.95. The van der Waals surface area contributed by atoms with Gasteiger partial charge in [-0.1, -0.05) is 32.9 Å². The summed E-state index contributed by atoms with van der Waals surface area (Å²) in [7, 11) is 0. The predicted octanol–water partition coefficient (Wildman–Crippen LogP) is 5.26. The number of amides is 2. The van der Waals surface area contributed by atoms with E-state index < -0.39 is 5.41 Å². The van der Waals surface area contributed by atoms with Crippen LogP contribution >= 0.6 is 11.3 Å². The SMILES string of the molecule is Cc1cc(C(=O)Nc2nc(-c3ccc(NC(=O)C(C)(C)C)cc3)cs2)c(C)o1. The van der Waals surface area contributed by atoms with Gasteiger partial charge in [0.1, 0.15) is 11.5 Å². The molecule has 28 heavy (non-hydrogen) atoms. The van der Waals surface area contributed by atoms with Gasteiger partial charge in [-0.2, -0.15) is 0 Å². The molecule has 0 unspecified atom stereocenters. The maximum absolute atomic E-state index is 12.4. The standard InChI is InChI=1S/C21H23N3O3S/c1-12-10-16(13(2)27-12)18(25)24-20-23-17(11-28-20)14-6-8-15(9-7-14)22-19(26)21(3,4)5/h6-11H,1-5H3,(H,22,26)(H,23,24,25). The van der Waals surface area contributed by atoms with Gasteiger partial charge < -0.3 is 9.73 Å². The Morgan fingerprint density at radius 1 is 1.07 bits per heavy atom. The number of nitrogens with zero attached hydrogens (tertiary/aromatic N) is 1. The molecule has 3 aromatic rings. The number of furan rings is 1. The fourth-order valence-corrected chi connectivity index (χ4v) is 3.24. The topological polar surface area (TPSA) is 84.2 Å². The second-order valence-electron chi connectivity index (χ2n) is 7.60. The highest BCUT2D eigenvalue weighted by atomic mass is 32.1. The third kappa shape index (κ3) is 4.48. The van der Waals surface area contributed by atoms with Gasteiger partial charge in [-0.25, -0.2) is 4.98 Å². The van der Waals surface area contributed by atoms with Gasteiger partial charge in [0.05, 0.1) is 11.3 Å². The van der Waals surface area contributed by atoms with E-state index in [4.69, 9.17) is 4.42 Å². The quantitative estimate of drug-likeness (QED) is 0.629. The van der Waals surface area contributed by atoms with Crippen LogP contribution in [-0.2, 0) is 4.79 Å². The van der Waals surface area contributed by atoms with Gasteiger partial charge in [-0.3, -0.25) is 14.9 Å². The first kappa shape index (κ1) is 19.8. The van der Waals surface area contributed by atoms with E-state index in [2.05, 4.69) is 15.6 Å². The molecular weight excluding hydrogens is 374 g/mol. The first-order chi connectivity index (χ1) is 13.1. The fourth-order valence-electron chi connectivity index (χ4n) is 2.53. The number of anilines is 2. The largest absolute Gasteiger partial charge is 0.466 e. The summed E-state index contributed by atoms with van der Waals surface area (Å²) in [5.74, 6) is 1.000. The Labute approximate surface area is 168 Å². The highest BCUT2D eigenvalue weighted by Crippen LogP contribution is 2.27. The number of thiazole rings is 1. The van der Waals surface area contributed by atoms with Gasteiger partial charge in [0.15, 0.2) is 5.13 Å². The molecule has 7 heteroatoms. The molecule has 2 amide bonds. The third-order valence-corrected chi connectivity index (χ3v) is 4.89. The maximum atomic E-state index is 12.4. The molecule has 0 saturated carbocycles. The lowest BCUT2D eigenvalue weighted by molar-refractivity contribution is -0.123. The van der Waals surface area contributed by atoms with Crippen molar-refractivity contribution in [3.63, 3.8) is 0 Å². The minimum atomic E-state index is -0.452. The fraction of sp³-hybridized carbons (Fsp3) is 0.286. The molecule has 0 fully saturated rings. The second-order valence-corrected chi connectivity index (χ2v) is 8.46. The summed E-state index contributed by atoms with van der Waals surface area (Å²) in [5.41, 5.74) is 2.45. The highest BCUT2D eigenvalue weighted by Gasteiger charge is 2.21. The van der Waals surface area contributed by atoms with E-state index in [1.807, 2.05) is 50.4 Å². The maximum Gasteiger partial charge on any atom is 0.260 e. The highest BCUT2D eigenvalue weighted by molar-refractivity contribution is 7.14. The van der Waals surface area contributed by atoms with Crippen LogP contribution in [0.25, 0.3) is 11.3 Å². The normalized spacial score (nSPS) is 11.3. The summed E-state index contributed by atoms with van der Waals surface area (Å²) >= 11 is 1.35. The van der Waals surface area contributed by atoms with Crippen molar-refractivity contribution >= 4 is 34.0 Å². The van der Waals surface area contributed by atoms with E-state index in [0.717, 1.165) is 16.9 Å². The van der Waals surface area contributed by atoms with Crippen molar-refractivity contribution in [2.75, 3.05) is 10.6 Å². The van der Waals surface area contributed by atoms with Crippen LogP contribution in [0.2, 0.25) is 0 Å². The van der Waals surface area contributed by atoms with Crippen LogP contribution in [0.1, 0.15) is 42.6 Å². The average Bonchev–Trinajstić information content (AvgIpc) is 3.20. The van der Waals surface area contributed by atoms with Crippen molar-refractivity contribution in [1.29, 1.82) is 0 Å². The van der Waals surface area contributed by atoms with Gasteiger partial charge in [-0.15, -0.1) is 11.3 Å². The third-order valence-electron chi connectivity index (χ3n) is 4.13. The molecule has 0 aliphatic rings. The molecule has 0 atom stereocenters. The van der Waals surface area contributed by atoms with E-state index in [1.54, 1.807) is 19.9 Å². The van der Waals surface area contributed by atoms with Crippen molar-refractivity contribution in [1.82, 2.24) is 4.98 Å². The summed E-state index contributed by atoms with van der Waals surface area (Å²) in [4.78, 5) is 28.9. The molecule has 2 N–H and O–H groups in total. The molecule has 0 radical (unpaired) electrons. The van der Waals surface area contributed by atoms with Gasteiger partial charge in [0.2, 0.25) is 5.91 Å². The van der Waals surface area contributed by atoms with Gasteiger partial charge >= 0.3 is 0 Å². The van der Waals surface area contributed by atoms with Gasteiger partial charge in [-0.05, 0) is 32.0 Å². The average molecular weight is 398 g/mol. The monoisotopic (exact) mass is 397 g/mol. The van der Waals surface area contributed by atoms with E-state index in [-0.39, 0.29) is 11.8 Å². The van der Waals surface area contributed by atoms with Crippen LogP contribution in [0, 0.1) is 19.3 Å². The summed E-state index contributed by atoms with van der Waals surface area (Å²) < 4.78 is 5.40. The number of hydrogen-bond donors (Lipinski definition) is 2. The Bertz CT molecular complexity index is 1010. The summed E-state index contributed by atoms with van der Waals surface area (Å²) in [6, 6.07) is 9.18. The molecule has 2 heterocycles. The number of rotatable bonds is 4. The Hall–Kier alpha value is -2.93. The van der Waals surface area contributed by atoms with Crippen molar-refractivity contribution in [3.05, 3.63) is 52.8 Å². The first-order valence-corrected chi connectivity index (χ1v) is 9.77. The molecule has 0 aliphatic heterocycles. The van der Waals surface area contributed by atoms with E-state index >= 15 is 0 Å². The molecule has 6 nitrogen and oxygen atoms in total. The Kier molecular flexibility index (Phi) is 5.38. The lowest BCUT2D eigenvalue weighted by Gasteiger charge is -2.17. The van der Waals surface area contributed by atoms with Crippen molar-refractivity contribution in [2.24, 2.45) is 5.41 Å². The number of carbonyl (C=O) groups is 2. The van der Waals surface area contributed by atoms with Crippen LogP contribution in [0.4, 0.5) is 10.8 Å². The zero-order valence-electron chi connectivity index (χ0n) is 16.5. The molecule has 0 bridgehead atoms. The summed E-state index contributed by atoms with van der Waals surface area (Å²) in [5, 5.41) is 8.10. The van der Waals surface area contributed by atoms with Crippen LogP contribution in [0.3, 0.4) is 0 Å². The molecule has 0 spiro atoms. The number of aryl methyl sites for hydroxylation is 2. The molecule has 0 aliphatic carbocycles. The Balaban J connectivity index is 1.69. The second kappa shape index (κ2) is 7.59. The Morgan fingerprint density at radius 3 is 2.32 bits per heavy atom. The number of carbonyl (C=O) groups excluding carboxylic acids is 2. The summed E-state index contributed by atoms with van der Waals surface area (Å²) in [6.07, 6.45) is 0. The van der Waals surface area contributed by atoms with Gasteiger partial charge in [0, 0.05) is 22.0 Å². The van der Waals surface area contributed by atoms with Crippen molar-refractivity contribution < 1.29 is 14.0 Å². The van der Waals surface area contributed by atoms with Crippen LogP contribution < -0.4 is 10.6 Å². The van der Waals surface area contributed by atoms with Gasteiger partial charge in [0.25, 0.3) is 5.91 Å². The van der Waals surface area contributed by atoms with E-state index in [9.17, 15) is 9.59 Å². The predicted molar refractivity (Wildman–Crippen MR) is 112 cm³/mol. The minimum absolute atomic E-state index is 0.0383. The number of nitrogens with one attached hydrogen (secondary N) is 2. The smallest absolute Gasteiger partial charge is 0.260 e. The molecule has 3 rings (SSSR count). The lowest BCUT2D eigenvalue weighted by Crippen LogP contribution is -2.27. The van der Waals surface area contributed by atoms with Crippen LogP contribution in [-0.4, -0.2) is 16.8 Å².